The highest BCUT2D eigenvalue weighted by Crippen LogP contribution is 2.18. The molecule has 66 valence electrons. The van der Waals surface area contributed by atoms with Crippen LogP contribution in [-0.2, 0) is 0 Å². The molecule has 0 amide bonds. The van der Waals surface area contributed by atoms with E-state index in [4.69, 9.17) is 10.5 Å². The SMILES string of the molecule is CCCOc1ccc(C)c(N)c1. The third kappa shape index (κ3) is 2.16. The van der Waals surface area contributed by atoms with Gasteiger partial charge in [0.2, 0.25) is 0 Å². The zero-order chi connectivity index (χ0) is 8.97. The van der Waals surface area contributed by atoms with Gasteiger partial charge in [-0.25, -0.2) is 0 Å². The molecular weight excluding hydrogens is 150 g/mol. The highest BCUT2D eigenvalue weighted by Gasteiger charge is 1.96. The number of nitrogen functional groups attached to an aromatic ring is 1. The van der Waals surface area contributed by atoms with Crippen LogP contribution in [0.1, 0.15) is 18.9 Å². The van der Waals surface area contributed by atoms with Crippen molar-refractivity contribution in [3.05, 3.63) is 23.8 Å². The van der Waals surface area contributed by atoms with Crippen molar-refractivity contribution in [1.82, 2.24) is 0 Å². The van der Waals surface area contributed by atoms with E-state index < -0.39 is 0 Å². The lowest BCUT2D eigenvalue weighted by Gasteiger charge is -2.06. The van der Waals surface area contributed by atoms with Gasteiger partial charge in [0.15, 0.2) is 0 Å². The van der Waals surface area contributed by atoms with Gasteiger partial charge in [-0.3, -0.25) is 0 Å². The molecule has 0 aliphatic carbocycles. The van der Waals surface area contributed by atoms with Gasteiger partial charge in [-0.15, -0.1) is 0 Å². The number of aryl methyl sites for hydroxylation is 1. The van der Waals surface area contributed by atoms with Crippen molar-refractivity contribution < 1.29 is 4.74 Å². The van der Waals surface area contributed by atoms with E-state index in [-0.39, 0.29) is 0 Å². The van der Waals surface area contributed by atoms with Crippen LogP contribution in [-0.4, -0.2) is 6.61 Å². The summed E-state index contributed by atoms with van der Waals surface area (Å²) in [5.41, 5.74) is 7.60. The summed E-state index contributed by atoms with van der Waals surface area (Å²) in [7, 11) is 0. The lowest BCUT2D eigenvalue weighted by atomic mass is 10.2. The minimum absolute atomic E-state index is 0.752. The van der Waals surface area contributed by atoms with Crippen molar-refractivity contribution in [1.29, 1.82) is 0 Å². The lowest BCUT2D eigenvalue weighted by molar-refractivity contribution is 0.317. The topological polar surface area (TPSA) is 35.2 Å². The first-order valence-corrected chi connectivity index (χ1v) is 4.23. The van der Waals surface area contributed by atoms with Gasteiger partial charge in [-0.2, -0.15) is 0 Å². The standard InChI is InChI=1S/C10H15NO/c1-3-6-12-9-5-4-8(2)10(11)7-9/h4-5,7H,3,6,11H2,1-2H3. The van der Waals surface area contributed by atoms with Crippen molar-refractivity contribution >= 4 is 5.69 Å². The number of hydrogen-bond donors (Lipinski definition) is 1. The van der Waals surface area contributed by atoms with E-state index in [0.717, 1.165) is 30.0 Å². The van der Waals surface area contributed by atoms with Crippen molar-refractivity contribution in [3.63, 3.8) is 0 Å². The summed E-state index contributed by atoms with van der Waals surface area (Å²) in [4.78, 5) is 0. The molecule has 2 nitrogen and oxygen atoms in total. The van der Waals surface area contributed by atoms with E-state index >= 15 is 0 Å². The molecule has 0 aliphatic rings. The summed E-state index contributed by atoms with van der Waals surface area (Å²) in [5, 5.41) is 0. The molecule has 0 unspecified atom stereocenters. The quantitative estimate of drug-likeness (QED) is 0.698. The van der Waals surface area contributed by atoms with Crippen LogP contribution in [0, 0.1) is 6.92 Å². The average Bonchev–Trinajstić information content (AvgIpc) is 2.07. The van der Waals surface area contributed by atoms with Gasteiger partial charge in [0.25, 0.3) is 0 Å². The molecule has 2 heteroatoms. The number of anilines is 1. The molecule has 0 heterocycles. The van der Waals surface area contributed by atoms with Crippen molar-refractivity contribution in [3.8, 4) is 5.75 Å². The van der Waals surface area contributed by atoms with Crippen LogP contribution >= 0.6 is 0 Å². The molecule has 2 N–H and O–H groups in total. The van der Waals surface area contributed by atoms with E-state index in [1.54, 1.807) is 0 Å². The second-order valence-electron chi connectivity index (χ2n) is 2.87. The Balaban J connectivity index is 2.69. The fourth-order valence-electron chi connectivity index (χ4n) is 0.928. The predicted molar refractivity (Wildman–Crippen MR) is 51.4 cm³/mol. The minimum Gasteiger partial charge on any atom is -0.494 e. The first-order valence-electron chi connectivity index (χ1n) is 4.23. The molecule has 0 spiro atoms. The van der Waals surface area contributed by atoms with E-state index in [1.165, 1.54) is 0 Å². The van der Waals surface area contributed by atoms with Crippen LogP contribution in [0.15, 0.2) is 18.2 Å². The Morgan fingerprint density at radius 2 is 2.17 bits per heavy atom. The third-order valence-corrected chi connectivity index (χ3v) is 1.72. The average molecular weight is 165 g/mol. The van der Waals surface area contributed by atoms with E-state index in [0.29, 0.717) is 0 Å². The first-order chi connectivity index (χ1) is 5.74. The van der Waals surface area contributed by atoms with Crippen molar-refractivity contribution in [2.75, 3.05) is 12.3 Å². The number of benzene rings is 1. The van der Waals surface area contributed by atoms with E-state index in [9.17, 15) is 0 Å². The molecule has 1 rings (SSSR count). The molecule has 0 saturated carbocycles. The zero-order valence-electron chi connectivity index (χ0n) is 7.63. The molecule has 0 radical (unpaired) electrons. The lowest BCUT2D eigenvalue weighted by Crippen LogP contribution is -1.96. The molecule has 12 heavy (non-hydrogen) atoms. The Bertz CT molecular complexity index is 258. The van der Waals surface area contributed by atoms with Crippen LogP contribution in [0.4, 0.5) is 5.69 Å². The van der Waals surface area contributed by atoms with E-state index in [2.05, 4.69) is 6.92 Å². The number of hydrogen-bond acceptors (Lipinski definition) is 2. The third-order valence-electron chi connectivity index (χ3n) is 1.72. The van der Waals surface area contributed by atoms with Gasteiger partial charge in [0.05, 0.1) is 6.61 Å². The highest BCUT2D eigenvalue weighted by atomic mass is 16.5. The van der Waals surface area contributed by atoms with Gasteiger partial charge in [-0.05, 0) is 25.0 Å². The summed E-state index contributed by atoms with van der Waals surface area (Å²) in [6.45, 7) is 4.82. The van der Waals surface area contributed by atoms with Crippen LogP contribution < -0.4 is 10.5 Å². The number of rotatable bonds is 3. The zero-order valence-corrected chi connectivity index (χ0v) is 7.63. The molecular formula is C10H15NO. The van der Waals surface area contributed by atoms with Crippen LogP contribution in [0.2, 0.25) is 0 Å². The summed E-state index contributed by atoms with van der Waals surface area (Å²) in [6, 6.07) is 5.78. The second-order valence-corrected chi connectivity index (χ2v) is 2.87. The van der Waals surface area contributed by atoms with Crippen molar-refractivity contribution in [2.24, 2.45) is 0 Å². The highest BCUT2D eigenvalue weighted by molar-refractivity contribution is 5.50. The summed E-state index contributed by atoms with van der Waals surface area (Å²) in [6.07, 6.45) is 1.02. The fraction of sp³-hybridized carbons (Fsp3) is 0.400. The Morgan fingerprint density at radius 3 is 2.75 bits per heavy atom. The van der Waals surface area contributed by atoms with Gasteiger partial charge in [0, 0.05) is 11.8 Å². The molecule has 0 aliphatic heterocycles. The van der Waals surface area contributed by atoms with Gasteiger partial charge < -0.3 is 10.5 Å². The van der Waals surface area contributed by atoms with Crippen LogP contribution in [0.5, 0.6) is 5.75 Å². The molecule has 0 bridgehead atoms. The number of ether oxygens (including phenoxy) is 1. The largest absolute Gasteiger partial charge is 0.494 e. The molecule has 0 aromatic heterocycles. The Hall–Kier alpha value is -1.18. The van der Waals surface area contributed by atoms with Gasteiger partial charge in [-0.1, -0.05) is 13.0 Å². The Morgan fingerprint density at radius 1 is 1.42 bits per heavy atom. The second kappa shape index (κ2) is 4.00. The molecule has 1 aromatic carbocycles. The summed E-state index contributed by atoms with van der Waals surface area (Å²) < 4.78 is 5.41. The molecule has 1 aromatic rings. The first kappa shape index (κ1) is 8.91. The van der Waals surface area contributed by atoms with Crippen molar-refractivity contribution in [2.45, 2.75) is 20.3 Å². The molecule has 0 saturated heterocycles. The van der Waals surface area contributed by atoms with Gasteiger partial charge in [0.1, 0.15) is 5.75 Å². The Labute approximate surface area is 73.3 Å². The fourth-order valence-corrected chi connectivity index (χ4v) is 0.928. The molecule has 0 fully saturated rings. The maximum absolute atomic E-state index is 5.71. The van der Waals surface area contributed by atoms with E-state index in [1.807, 2.05) is 25.1 Å². The normalized spacial score (nSPS) is 9.83. The Kier molecular flexibility index (Phi) is 2.97. The number of nitrogens with two attached hydrogens (primary N) is 1. The predicted octanol–water partition coefficient (Wildman–Crippen LogP) is 2.37. The minimum atomic E-state index is 0.752. The molecule has 0 atom stereocenters. The smallest absolute Gasteiger partial charge is 0.121 e. The van der Waals surface area contributed by atoms with Crippen LogP contribution in [0.3, 0.4) is 0 Å². The monoisotopic (exact) mass is 165 g/mol. The maximum Gasteiger partial charge on any atom is 0.121 e. The summed E-state index contributed by atoms with van der Waals surface area (Å²) >= 11 is 0. The van der Waals surface area contributed by atoms with Crippen LogP contribution in [0.25, 0.3) is 0 Å². The summed E-state index contributed by atoms with van der Waals surface area (Å²) in [5.74, 6) is 0.861. The van der Waals surface area contributed by atoms with Gasteiger partial charge >= 0.3 is 0 Å². The maximum atomic E-state index is 5.71.